The van der Waals surface area contributed by atoms with Crippen LogP contribution in [0.15, 0.2) is 48.5 Å². The second kappa shape index (κ2) is 6.24. The smallest absolute Gasteiger partial charge is 0.244 e. The van der Waals surface area contributed by atoms with Gasteiger partial charge in [-0.1, -0.05) is 44.2 Å². The van der Waals surface area contributed by atoms with Crippen LogP contribution in [-0.4, -0.2) is 15.5 Å². The van der Waals surface area contributed by atoms with Gasteiger partial charge >= 0.3 is 0 Å². The molecule has 1 heterocycles. The number of nitrogens with one attached hydrogen (secondary N) is 1. The van der Waals surface area contributed by atoms with Gasteiger partial charge < -0.3 is 9.88 Å². The molecule has 118 valence electrons. The lowest BCUT2D eigenvalue weighted by molar-refractivity contribution is -0.116. The average molecular weight is 307 g/mol. The SMILES string of the molecule is Cc1ccccc1NC(=O)Cn1c(C(C)C)nc2ccccc21. The topological polar surface area (TPSA) is 46.9 Å². The van der Waals surface area contributed by atoms with Gasteiger partial charge in [-0.3, -0.25) is 4.79 Å². The maximum Gasteiger partial charge on any atom is 0.244 e. The van der Waals surface area contributed by atoms with E-state index in [1.54, 1.807) is 0 Å². The Morgan fingerprint density at radius 1 is 1.13 bits per heavy atom. The number of carbonyl (C=O) groups excluding carboxylic acids is 1. The van der Waals surface area contributed by atoms with Gasteiger partial charge in [-0.2, -0.15) is 0 Å². The minimum absolute atomic E-state index is 0.0376. The first-order valence-corrected chi connectivity index (χ1v) is 7.87. The highest BCUT2D eigenvalue weighted by molar-refractivity contribution is 5.92. The van der Waals surface area contributed by atoms with Crippen molar-refractivity contribution in [3.63, 3.8) is 0 Å². The third-order valence-electron chi connectivity index (χ3n) is 3.92. The standard InChI is InChI=1S/C19H21N3O/c1-13(2)19-21-16-10-6-7-11-17(16)22(19)12-18(23)20-15-9-5-4-8-14(15)3/h4-11,13H,12H2,1-3H3,(H,20,23). The lowest BCUT2D eigenvalue weighted by atomic mass is 10.2. The van der Waals surface area contributed by atoms with E-state index >= 15 is 0 Å². The summed E-state index contributed by atoms with van der Waals surface area (Å²) in [5, 5.41) is 2.99. The van der Waals surface area contributed by atoms with Crippen LogP contribution in [0.1, 0.15) is 31.2 Å². The van der Waals surface area contributed by atoms with Crippen LogP contribution in [-0.2, 0) is 11.3 Å². The number of hydrogen-bond acceptors (Lipinski definition) is 2. The molecule has 1 aromatic heterocycles. The van der Waals surface area contributed by atoms with Crippen molar-refractivity contribution >= 4 is 22.6 Å². The second-order valence-electron chi connectivity index (χ2n) is 6.06. The van der Waals surface area contributed by atoms with E-state index in [2.05, 4.69) is 24.1 Å². The number of imidazole rings is 1. The molecule has 4 nitrogen and oxygen atoms in total. The molecule has 23 heavy (non-hydrogen) atoms. The first-order chi connectivity index (χ1) is 11.1. The Kier molecular flexibility index (Phi) is 4.15. The van der Waals surface area contributed by atoms with E-state index in [9.17, 15) is 4.79 Å². The van der Waals surface area contributed by atoms with Crippen LogP contribution < -0.4 is 5.32 Å². The van der Waals surface area contributed by atoms with Gasteiger partial charge in [-0.05, 0) is 30.7 Å². The van der Waals surface area contributed by atoms with E-state index in [1.165, 1.54) is 0 Å². The minimum atomic E-state index is -0.0376. The molecule has 0 radical (unpaired) electrons. The molecule has 3 rings (SSSR count). The van der Waals surface area contributed by atoms with E-state index in [1.807, 2.05) is 60.0 Å². The number of anilines is 1. The number of aromatic nitrogens is 2. The number of benzene rings is 2. The van der Waals surface area contributed by atoms with Crippen molar-refractivity contribution in [2.24, 2.45) is 0 Å². The van der Waals surface area contributed by atoms with Crippen LogP contribution in [0.25, 0.3) is 11.0 Å². The van der Waals surface area contributed by atoms with Crippen molar-refractivity contribution in [3.05, 3.63) is 59.9 Å². The summed E-state index contributed by atoms with van der Waals surface area (Å²) in [5.74, 6) is 1.16. The molecule has 0 aliphatic rings. The highest BCUT2D eigenvalue weighted by atomic mass is 16.1. The fraction of sp³-hybridized carbons (Fsp3) is 0.263. The quantitative estimate of drug-likeness (QED) is 0.788. The van der Waals surface area contributed by atoms with Gasteiger partial charge in [0.05, 0.1) is 11.0 Å². The van der Waals surface area contributed by atoms with Crippen molar-refractivity contribution in [1.29, 1.82) is 0 Å². The molecule has 0 saturated carbocycles. The fourth-order valence-corrected chi connectivity index (χ4v) is 2.75. The minimum Gasteiger partial charge on any atom is -0.324 e. The van der Waals surface area contributed by atoms with E-state index < -0.39 is 0 Å². The zero-order valence-corrected chi connectivity index (χ0v) is 13.7. The van der Waals surface area contributed by atoms with Crippen LogP contribution in [0.2, 0.25) is 0 Å². The van der Waals surface area contributed by atoms with Crippen LogP contribution in [0.5, 0.6) is 0 Å². The Morgan fingerprint density at radius 3 is 2.57 bits per heavy atom. The molecule has 0 atom stereocenters. The monoisotopic (exact) mass is 307 g/mol. The Morgan fingerprint density at radius 2 is 1.83 bits per heavy atom. The predicted molar refractivity (Wildman–Crippen MR) is 93.6 cm³/mol. The van der Waals surface area contributed by atoms with Gasteiger partial charge in [0.2, 0.25) is 5.91 Å². The van der Waals surface area contributed by atoms with Crippen LogP contribution >= 0.6 is 0 Å². The van der Waals surface area contributed by atoms with Crippen molar-refractivity contribution < 1.29 is 4.79 Å². The third-order valence-corrected chi connectivity index (χ3v) is 3.92. The molecule has 2 aromatic carbocycles. The summed E-state index contributed by atoms with van der Waals surface area (Å²) < 4.78 is 2.01. The Labute approximate surface area is 136 Å². The number of nitrogens with zero attached hydrogens (tertiary/aromatic N) is 2. The van der Waals surface area contributed by atoms with Gasteiger partial charge in [0, 0.05) is 11.6 Å². The molecule has 0 bridgehead atoms. The van der Waals surface area contributed by atoms with Gasteiger partial charge in [0.25, 0.3) is 0 Å². The zero-order chi connectivity index (χ0) is 16.4. The normalized spacial score (nSPS) is 11.1. The molecule has 0 aliphatic heterocycles. The summed E-state index contributed by atoms with van der Waals surface area (Å²) in [7, 11) is 0. The first kappa shape index (κ1) is 15.3. The lowest BCUT2D eigenvalue weighted by Crippen LogP contribution is -2.21. The van der Waals surface area contributed by atoms with Gasteiger partial charge in [-0.25, -0.2) is 4.98 Å². The van der Waals surface area contributed by atoms with Gasteiger partial charge in [-0.15, -0.1) is 0 Å². The highest BCUT2D eigenvalue weighted by Gasteiger charge is 2.16. The molecule has 0 saturated heterocycles. The molecule has 0 aliphatic carbocycles. The van der Waals surface area contributed by atoms with Crippen molar-refractivity contribution in [1.82, 2.24) is 9.55 Å². The maximum absolute atomic E-state index is 12.5. The lowest BCUT2D eigenvalue weighted by Gasteiger charge is -2.12. The van der Waals surface area contributed by atoms with Crippen LogP contribution in [0.4, 0.5) is 5.69 Å². The number of hydrogen-bond donors (Lipinski definition) is 1. The summed E-state index contributed by atoms with van der Waals surface area (Å²) >= 11 is 0. The van der Waals surface area contributed by atoms with Crippen molar-refractivity contribution in [2.45, 2.75) is 33.2 Å². The summed E-state index contributed by atoms with van der Waals surface area (Å²) in [6.07, 6.45) is 0. The molecule has 0 unspecified atom stereocenters. The molecule has 0 spiro atoms. The van der Waals surface area contributed by atoms with Gasteiger partial charge in [0.1, 0.15) is 12.4 Å². The van der Waals surface area contributed by atoms with Crippen LogP contribution in [0, 0.1) is 6.92 Å². The number of carbonyl (C=O) groups is 1. The number of aryl methyl sites for hydroxylation is 1. The van der Waals surface area contributed by atoms with E-state index in [-0.39, 0.29) is 18.4 Å². The number of amides is 1. The predicted octanol–water partition coefficient (Wildman–Crippen LogP) is 4.11. The number of rotatable bonds is 4. The fourth-order valence-electron chi connectivity index (χ4n) is 2.75. The van der Waals surface area contributed by atoms with E-state index in [4.69, 9.17) is 0 Å². The Balaban J connectivity index is 1.90. The summed E-state index contributed by atoms with van der Waals surface area (Å²) in [6, 6.07) is 15.7. The van der Waals surface area contributed by atoms with E-state index in [0.29, 0.717) is 0 Å². The molecule has 3 aromatic rings. The Bertz CT molecular complexity index is 849. The second-order valence-corrected chi connectivity index (χ2v) is 6.06. The van der Waals surface area contributed by atoms with Crippen LogP contribution in [0.3, 0.4) is 0 Å². The zero-order valence-electron chi connectivity index (χ0n) is 13.7. The third kappa shape index (κ3) is 3.11. The highest BCUT2D eigenvalue weighted by Crippen LogP contribution is 2.22. The summed E-state index contributed by atoms with van der Waals surface area (Å²) in [6.45, 7) is 6.44. The number of fused-ring (bicyclic) bond motifs is 1. The van der Waals surface area contributed by atoms with E-state index in [0.717, 1.165) is 28.1 Å². The molecule has 1 N–H and O–H groups in total. The number of para-hydroxylation sites is 3. The summed E-state index contributed by atoms with van der Waals surface area (Å²) in [4.78, 5) is 17.2. The largest absolute Gasteiger partial charge is 0.324 e. The maximum atomic E-state index is 12.5. The molecule has 0 fully saturated rings. The molecular weight excluding hydrogens is 286 g/mol. The molecule has 4 heteroatoms. The van der Waals surface area contributed by atoms with Gasteiger partial charge in [0.15, 0.2) is 0 Å². The molecular formula is C19H21N3O. The summed E-state index contributed by atoms with van der Waals surface area (Å²) in [5.41, 5.74) is 3.84. The van der Waals surface area contributed by atoms with Crippen molar-refractivity contribution in [2.75, 3.05) is 5.32 Å². The molecule has 1 amide bonds. The average Bonchev–Trinajstić information content (AvgIpc) is 2.89. The Hall–Kier alpha value is -2.62. The first-order valence-electron chi connectivity index (χ1n) is 7.87. The van der Waals surface area contributed by atoms with Crippen molar-refractivity contribution in [3.8, 4) is 0 Å².